The largest absolute Gasteiger partial charge is 0.460 e. The summed E-state index contributed by atoms with van der Waals surface area (Å²) in [5, 5.41) is 14.2. The van der Waals surface area contributed by atoms with Crippen molar-refractivity contribution in [1.29, 1.82) is 0 Å². The number of imide groups is 1. The Hall–Kier alpha value is -3.79. The second-order valence-electron chi connectivity index (χ2n) is 6.35. The number of fused-ring (bicyclic) bond motifs is 1. The second-order valence-corrected chi connectivity index (χ2v) is 6.35. The third kappa shape index (κ3) is 4.28. The Morgan fingerprint density at radius 2 is 1.77 bits per heavy atom. The summed E-state index contributed by atoms with van der Waals surface area (Å²) in [6.45, 7) is 0.378. The molecule has 1 N–H and O–H groups in total. The van der Waals surface area contributed by atoms with Crippen molar-refractivity contribution < 1.29 is 28.8 Å². The number of nitro benzene ring substituents is 1. The van der Waals surface area contributed by atoms with E-state index >= 15 is 0 Å². The number of ether oxygens (including phenoxy) is 2. The molecule has 0 fully saturated rings. The van der Waals surface area contributed by atoms with Crippen molar-refractivity contribution in [2.45, 2.75) is 0 Å². The van der Waals surface area contributed by atoms with Crippen LogP contribution in [0.3, 0.4) is 0 Å². The number of nitro groups is 1. The highest BCUT2D eigenvalue weighted by Gasteiger charge is 2.34. The van der Waals surface area contributed by atoms with Crippen LogP contribution < -0.4 is 5.32 Å². The van der Waals surface area contributed by atoms with Crippen LogP contribution in [0.1, 0.15) is 31.1 Å². The number of methoxy groups -OCH3 is 1. The van der Waals surface area contributed by atoms with Gasteiger partial charge in [0.05, 0.1) is 34.8 Å². The molecule has 2 amide bonds. The van der Waals surface area contributed by atoms with E-state index in [0.717, 1.165) is 11.0 Å². The lowest BCUT2D eigenvalue weighted by Gasteiger charge is -2.14. The molecule has 156 valence electrons. The normalized spacial score (nSPS) is 12.6. The SMILES string of the molecule is COCCNc1ccc(C(=O)OCCN2C(=O)c3ccccc3C2=O)cc1[N+](=O)[O-]. The minimum Gasteiger partial charge on any atom is -0.460 e. The highest BCUT2D eigenvalue weighted by Crippen LogP contribution is 2.26. The van der Waals surface area contributed by atoms with Crippen LogP contribution in [0.5, 0.6) is 0 Å². The fourth-order valence-corrected chi connectivity index (χ4v) is 3.00. The fourth-order valence-electron chi connectivity index (χ4n) is 3.00. The Kier molecular flexibility index (Phi) is 6.38. The van der Waals surface area contributed by atoms with E-state index in [1.54, 1.807) is 24.3 Å². The van der Waals surface area contributed by atoms with Gasteiger partial charge in [-0.25, -0.2) is 4.79 Å². The maximum Gasteiger partial charge on any atom is 0.338 e. The quantitative estimate of drug-likeness (QED) is 0.218. The lowest BCUT2D eigenvalue weighted by molar-refractivity contribution is -0.384. The van der Waals surface area contributed by atoms with Crippen molar-refractivity contribution in [3.63, 3.8) is 0 Å². The molecule has 3 rings (SSSR count). The van der Waals surface area contributed by atoms with E-state index in [2.05, 4.69) is 5.32 Å². The molecule has 0 unspecified atom stereocenters. The second kappa shape index (κ2) is 9.14. The number of rotatable bonds is 9. The highest BCUT2D eigenvalue weighted by atomic mass is 16.6. The van der Waals surface area contributed by atoms with Gasteiger partial charge in [-0.1, -0.05) is 12.1 Å². The third-order valence-corrected chi connectivity index (χ3v) is 4.48. The number of carbonyl (C=O) groups is 3. The molecule has 2 aromatic carbocycles. The molecule has 0 bridgehead atoms. The van der Waals surface area contributed by atoms with Gasteiger partial charge in [0.15, 0.2) is 0 Å². The van der Waals surface area contributed by atoms with Gasteiger partial charge in [0.1, 0.15) is 12.3 Å². The van der Waals surface area contributed by atoms with Crippen LogP contribution in [0.2, 0.25) is 0 Å². The molecular weight excluding hydrogens is 394 g/mol. The molecule has 0 aromatic heterocycles. The smallest absolute Gasteiger partial charge is 0.338 e. The van der Waals surface area contributed by atoms with Gasteiger partial charge >= 0.3 is 5.97 Å². The first-order valence-electron chi connectivity index (χ1n) is 9.07. The van der Waals surface area contributed by atoms with E-state index in [1.807, 2.05) is 0 Å². The molecule has 0 radical (unpaired) electrons. The van der Waals surface area contributed by atoms with Crippen molar-refractivity contribution in [1.82, 2.24) is 4.90 Å². The van der Waals surface area contributed by atoms with Gasteiger partial charge in [-0.2, -0.15) is 0 Å². The molecule has 1 heterocycles. The molecule has 2 aromatic rings. The zero-order valence-electron chi connectivity index (χ0n) is 16.1. The molecule has 0 aliphatic carbocycles. The van der Waals surface area contributed by atoms with Crippen molar-refractivity contribution in [2.24, 2.45) is 0 Å². The number of benzene rings is 2. The number of nitrogens with one attached hydrogen (secondary N) is 1. The molecule has 0 atom stereocenters. The third-order valence-electron chi connectivity index (χ3n) is 4.48. The average molecular weight is 413 g/mol. The summed E-state index contributed by atoms with van der Waals surface area (Å²) in [6, 6.07) is 10.4. The van der Waals surface area contributed by atoms with E-state index < -0.39 is 22.7 Å². The van der Waals surface area contributed by atoms with Crippen LogP contribution in [0.15, 0.2) is 42.5 Å². The summed E-state index contributed by atoms with van der Waals surface area (Å²) < 4.78 is 10.0. The Labute approximate surface area is 171 Å². The zero-order chi connectivity index (χ0) is 21.7. The van der Waals surface area contributed by atoms with Gasteiger partial charge in [-0.3, -0.25) is 24.6 Å². The van der Waals surface area contributed by atoms with Crippen LogP contribution in [0.25, 0.3) is 0 Å². The summed E-state index contributed by atoms with van der Waals surface area (Å²) in [5.74, 6) is -1.69. The Bertz CT molecular complexity index is 971. The molecular formula is C20H19N3O7. The Morgan fingerprint density at radius 3 is 2.37 bits per heavy atom. The standard InChI is InChI=1S/C20H19N3O7/c1-29-10-8-21-16-7-6-13(12-17(16)23(27)28)20(26)30-11-9-22-18(24)14-4-2-3-5-15(14)19(22)25/h2-7,12,21H,8-11H2,1H3. The van der Waals surface area contributed by atoms with Crippen molar-refractivity contribution in [3.05, 3.63) is 69.3 Å². The summed E-state index contributed by atoms with van der Waals surface area (Å²) >= 11 is 0. The fraction of sp³-hybridized carbons (Fsp3) is 0.250. The Morgan fingerprint density at radius 1 is 1.10 bits per heavy atom. The van der Waals surface area contributed by atoms with Crippen molar-refractivity contribution in [3.8, 4) is 0 Å². The number of anilines is 1. The molecule has 0 spiro atoms. The van der Waals surface area contributed by atoms with Gasteiger partial charge in [0, 0.05) is 19.7 Å². The summed E-state index contributed by atoms with van der Waals surface area (Å²) in [5.41, 5.74) is 0.573. The predicted molar refractivity (Wildman–Crippen MR) is 106 cm³/mol. The monoisotopic (exact) mass is 413 g/mol. The van der Waals surface area contributed by atoms with Crippen molar-refractivity contribution in [2.75, 3.05) is 38.7 Å². The molecule has 10 nitrogen and oxygen atoms in total. The van der Waals surface area contributed by atoms with Crippen molar-refractivity contribution >= 4 is 29.2 Å². The summed E-state index contributed by atoms with van der Waals surface area (Å²) in [6.07, 6.45) is 0. The first-order chi connectivity index (χ1) is 14.4. The van der Waals surface area contributed by atoms with Crippen LogP contribution in [0, 0.1) is 10.1 Å². The van der Waals surface area contributed by atoms with Gasteiger partial charge in [0.25, 0.3) is 17.5 Å². The Balaban J connectivity index is 1.61. The van der Waals surface area contributed by atoms with Gasteiger partial charge < -0.3 is 14.8 Å². The number of esters is 1. The highest BCUT2D eigenvalue weighted by molar-refractivity contribution is 6.21. The molecule has 30 heavy (non-hydrogen) atoms. The molecule has 0 saturated heterocycles. The average Bonchev–Trinajstić information content (AvgIpc) is 2.99. The number of carbonyl (C=O) groups excluding carboxylic acids is 3. The van der Waals surface area contributed by atoms with E-state index in [9.17, 15) is 24.5 Å². The molecule has 1 aliphatic rings. The van der Waals surface area contributed by atoms with Gasteiger partial charge in [-0.05, 0) is 24.3 Å². The first-order valence-corrected chi connectivity index (χ1v) is 9.07. The predicted octanol–water partition coefficient (Wildman–Crippen LogP) is 2.11. The lowest BCUT2D eigenvalue weighted by atomic mass is 10.1. The number of hydrogen-bond acceptors (Lipinski definition) is 8. The number of amides is 2. The number of nitrogens with zero attached hydrogens (tertiary/aromatic N) is 2. The maximum absolute atomic E-state index is 12.3. The lowest BCUT2D eigenvalue weighted by Crippen LogP contribution is -2.33. The summed E-state index contributed by atoms with van der Waals surface area (Å²) in [7, 11) is 1.51. The number of hydrogen-bond donors (Lipinski definition) is 1. The van der Waals surface area contributed by atoms with Crippen LogP contribution in [-0.4, -0.2) is 61.0 Å². The van der Waals surface area contributed by atoms with Crippen LogP contribution in [-0.2, 0) is 9.47 Å². The van der Waals surface area contributed by atoms with E-state index in [1.165, 1.54) is 19.2 Å². The molecule has 0 saturated carbocycles. The minimum atomic E-state index is -0.793. The minimum absolute atomic E-state index is 0.0126. The van der Waals surface area contributed by atoms with E-state index in [4.69, 9.17) is 9.47 Å². The molecule has 1 aliphatic heterocycles. The first kappa shape index (κ1) is 20.9. The van der Waals surface area contributed by atoms with Crippen LogP contribution >= 0.6 is 0 Å². The summed E-state index contributed by atoms with van der Waals surface area (Å²) in [4.78, 5) is 48.6. The topological polar surface area (TPSA) is 128 Å². The van der Waals surface area contributed by atoms with Gasteiger partial charge in [-0.15, -0.1) is 0 Å². The van der Waals surface area contributed by atoms with Gasteiger partial charge in [0.2, 0.25) is 0 Å². The van der Waals surface area contributed by atoms with Crippen LogP contribution in [0.4, 0.5) is 11.4 Å². The zero-order valence-corrected chi connectivity index (χ0v) is 16.1. The maximum atomic E-state index is 12.3. The molecule has 10 heteroatoms. The van der Waals surface area contributed by atoms with E-state index in [0.29, 0.717) is 24.3 Å². The van der Waals surface area contributed by atoms with E-state index in [-0.39, 0.29) is 30.1 Å².